The minimum absolute atomic E-state index is 0.792. The van der Waals surface area contributed by atoms with Gasteiger partial charge in [0.2, 0.25) is 0 Å². The molecule has 4 heteroatoms. The van der Waals surface area contributed by atoms with E-state index in [1.807, 2.05) is 22.9 Å². The number of carbonyl (C=O) groups excluding carboxylic acids is 2. The zero-order valence-corrected chi connectivity index (χ0v) is 8.88. The highest BCUT2D eigenvalue weighted by Crippen LogP contribution is 2.03. The number of thiophene rings is 2. The van der Waals surface area contributed by atoms with Crippen LogP contribution in [-0.2, 0) is 0 Å². The van der Waals surface area contributed by atoms with Crippen molar-refractivity contribution < 1.29 is 9.59 Å². The largest absolute Gasteiger partial charge is 0.297 e. The Morgan fingerprint density at radius 3 is 1.43 bits per heavy atom. The molecule has 2 rings (SSSR count). The summed E-state index contributed by atoms with van der Waals surface area (Å²) in [6.07, 6.45) is 1.70. The van der Waals surface area contributed by atoms with Gasteiger partial charge >= 0.3 is 0 Å². The molecule has 2 aromatic heterocycles. The molecule has 72 valence electrons. The maximum Gasteiger partial charge on any atom is 0.159 e. The van der Waals surface area contributed by atoms with E-state index in [9.17, 15) is 9.59 Å². The van der Waals surface area contributed by atoms with Crippen LogP contribution in [0.1, 0.15) is 19.3 Å². The molecule has 2 aromatic rings. The fourth-order valence-corrected chi connectivity index (χ4v) is 1.77. The zero-order chi connectivity index (χ0) is 10.2. The molecule has 0 radical (unpaired) electrons. The zero-order valence-electron chi connectivity index (χ0n) is 7.25. The fraction of sp³-hybridized carbons (Fsp3) is 0. The Balaban J connectivity index is 0.000000140. The van der Waals surface area contributed by atoms with E-state index in [-0.39, 0.29) is 0 Å². The van der Waals surface area contributed by atoms with E-state index >= 15 is 0 Å². The van der Waals surface area contributed by atoms with Gasteiger partial charge in [0.1, 0.15) is 0 Å². The van der Waals surface area contributed by atoms with Gasteiger partial charge in [-0.1, -0.05) is 12.1 Å². The highest BCUT2D eigenvalue weighted by Gasteiger charge is 1.83. The topological polar surface area (TPSA) is 34.1 Å². The first kappa shape index (κ1) is 10.8. The average molecular weight is 224 g/mol. The number of hydrogen-bond acceptors (Lipinski definition) is 4. The van der Waals surface area contributed by atoms with Crippen molar-refractivity contribution in [3.05, 3.63) is 44.8 Å². The molecule has 2 nitrogen and oxygen atoms in total. The molecule has 0 N–H and O–H groups in total. The van der Waals surface area contributed by atoms with Crippen molar-refractivity contribution >= 4 is 35.2 Å². The normalized spacial score (nSPS) is 8.57. The van der Waals surface area contributed by atoms with Crippen LogP contribution in [0, 0.1) is 0 Å². The first-order valence-electron chi connectivity index (χ1n) is 3.84. The maximum absolute atomic E-state index is 9.88. The van der Waals surface area contributed by atoms with Gasteiger partial charge in [-0.15, -0.1) is 22.7 Å². The van der Waals surface area contributed by atoms with Gasteiger partial charge in [0.25, 0.3) is 0 Å². The maximum atomic E-state index is 9.88. The standard InChI is InChI=1S/2C5H4OS/c2*6-4-5-2-1-3-7-5/h2*1-4H. The minimum Gasteiger partial charge on any atom is -0.297 e. The Kier molecular flexibility index (Phi) is 4.82. The molecule has 0 saturated heterocycles. The lowest BCUT2D eigenvalue weighted by Gasteiger charge is -1.66. The van der Waals surface area contributed by atoms with Crippen LogP contribution in [0.4, 0.5) is 0 Å². The fourth-order valence-electron chi connectivity index (χ4n) is 0.717. The molecule has 0 spiro atoms. The summed E-state index contributed by atoms with van der Waals surface area (Å²) in [7, 11) is 0. The van der Waals surface area contributed by atoms with Crippen molar-refractivity contribution in [1.29, 1.82) is 0 Å². The molecule has 0 aliphatic carbocycles. The summed E-state index contributed by atoms with van der Waals surface area (Å²) < 4.78 is 0. The van der Waals surface area contributed by atoms with Crippen LogP contribution >= 0.6 is 22.7 Å². The second-order valence-corrected chi connectivity index (χ2v) is 4.23. The first-order chi connectivity index (χ1) is 6.86. The van der Waals surface area contributed by atoms with E-state index in [4.69, 9.17) is 0 Å². The van der Waals surface area contributed by atoms with Crippen LogP contribution in [-0.4, -0.2) is 12.6 Å². The highest BCUT2D eigenvalue weighted by atomic mass is 32.1. The Morgan fingerprint density at radius 1 is 0.857 bits per heavy atom. The van der Waals surface area contributed by atoms with Gasteiger partial charge in [-0.05, 0) is 22.9 Å². The lowest BCUT2D eigenvalue weighted by molar-refractivity contribution is 0.111. The van der Waals surface area contributed by atoms with E-state index < -0.39 is 0 Å². The van der Waals surface area contributed by atoms with Crippen LogP contribution in [0.3, 0.4) is 0 Å². The predicted molar refractivity (Wildman–Crippen MR) is 59.4 cm³/mol. The Bertz CT molecular complexity index is 324. The minimum atomic E-state index is 0.792. The van der Waals surface area contributed by atoms with Crippen molar-refractivity contribution in [2.45, 2.75) is 0 Å². The smallest absolute Gasteiger partial charge is 0.159 e. The lowest BCUT2D eigenvalue weighted by atomic mass is 10.5. The number of rotatable bonds is 2. The molecule has 0 bridgehead atoms. The number of aldehydes is 2. The van der Waals surface area contributed by atoms with Gasteiger partial charge < -0.3 is 0 Å². The van der Waals surface area contributed by atoms with Gasteiger partial charge in [0.15, 0.2) is 12.6 Å². The van der Waals surface area contributed by atoms with Crippen molar-refractivity contribution in [3.8, 4) is 0 Å². The van der Waals surface area contributed by atoms with Crippen molar-refractivity contribution in [1.82, 2.24) is 0 Å². The van der Waals surface area contributed by atoms with Crippen LogP contribution in [0.5, 0.6) is 0 Å². The SMILES string of the molecule is O=Cc1cccs1.O=Cc1cccs1. The Hall–Kier alpha value is -1.26. The van der Waals surface area contributed by atoms with Crippen molar-refractivity contribution in [2.24, 2.45) is 0 Å². The third-order valence-corrected chi connectivity index (χ3v) is 2.91. The molecule has 14 heavy (non-hydrogen) atoms. The third kappa shape index (κ3) is 3.64. The van der Waals surface area contributed by atoms with Crippen LogP contribution in [0.25, 0.3) is 0 Å². The molecular weight excluding hydrogens is 216 g/mol. The highest BCUT2D eigenvalue weighted by molar-refractivity contribution is 7.11. The van der Waals surface area contributed by atoms with Crippen LogP contribution in [0.15, 0.2) is 35.0 Å². The van der Waals surface area contributed by atoms with Crippen molar-refractivity contribution in [3.63, 3.8) is 0 Å². The molecule has 0 saturated carbocycles. The van der Waals surface area contributed by atoms with Gasteiger partial charge in [0.05, 0.1) is 9.75 Å². The summed E-state index contributed by atoms with van der Waals surface area (Å²) in [5.74, 6) is 0. The molecule has 0 unspecified atom stereocenters. The third-order valence-electron chi connectivity index (χ3n) is 1.32. The van der Waals surface area contributed by atoms with E-state index in [1.54, 1.807) is 12.1 Å². The summed E-state index contributed by atoms with van der Waals surface area (Å²) >= 11 is 2.91. The quantitative estimate of drug-likeness (QED) is 0.734. The summed E-state index contributed by atoms with van der Waals surface area (Å²) in [5.41, 5.74) is 0. The van der Waals surface area contributed by atoms with Gasteiger partial charge in [-0.2, -0.15) is 0 Å². The molecule has 0 aromatic carbocycles. The summed E-state index contributed by atoms with van der Waals surface area (Å²) in [5, 5.41) is 3.76. The second kappa shape index (κ2) is 6.23. The van der Waals surface area contributed by atoms with Gasteiger partial charge in [-0.3, -0.25) is 9.59 Å². The summed E-state index contributed by atoms with van der Waals surface area (Å²) in [6, 6.07) is 7.29. The Labute approximate surface area is 89.8 Å². The molecule has 0 amide bonds. The van der Waals surface area contributed by atoms with Crippen LogP contribution in [0.2, 0.25) is 0 Å². The van der Waals surface area contributed by atoms with Gasteiger partial charge in [-0.25, -0.2) is 0 Å². The molecule has 0 atom stereocenters. The van der Waals surface area contributed by atoms with E-state index in [0.29, 0.717) is 0 Å². The molecule has 0 fully saturated rings. The number of hydrogen-bond donors (Lipinski definition) is 0. The molecule has 2 heterocycles. The average Bonchev–Trinajstić information content (AvgIpc) is 2.92. The Morgan fingerprint density at radius 2 is 1.29 bits per heavy atom. The van der Waals surface area contributed by atoms with Crippen LogP contribution < -0.4 is 0 Å². The monoisotopic (exact) mass is 224 g/mol. The van der Waals surface area contributed by atoms with Gasteiger partial charge in [0, 0.05) is 0 Å². The first-order valence-corrected chi connectivity index (χ1v) is 5.60. The van der Waals surface area contributed by atoms with E-state index in [1.165, 1.54) is 22.7 Å². The summed E-state index contributed by atoms with van der Waals surface area (Å²) in [6.45, 7) is 0. The van der Waals surface area contributed by atoms with Crippen molar-refractivity contribution in [2.75, 3.05) is 0 Å². The second-order valence-electron chi connectivity index (χ2n) is 2.27. The predicted octanol–water partition coefficient (Wildman–Crippen LogP) is 3.12. The summed E-state index contributed by atoms with van der Waals surface area (Å²) in [4.78, 5) is 21.3. The molecular formula is C10H8O2S2. The molecule has 0 aliphatic heterocycles. The van der Waals surface area contributed by atoms with E-state index in [0.717, 1.165) is 22.3 Å². The number of carbonyl (C=O) groups is 2. The lowest BCUT2D eigenvalue weighted by Crippen LogP contribution is -1.61. The van der Waals surface area contributed by atoms with E-state index in [2.05, 4.69) is 0 Å². The molecule has 0 aliphatic rings.